The molecule has 0 atom stereocenters. The number of amides is 1. The van der Waals surface area contributed by atoms with Crippen LogP contribution < -0.4 is 4.90 Å². The van der Waals surface area contributed by atoms with Gasteiger partial charge in [-0.3, -0.25) is 4.90 Å². The first kappa shape index (κ1) is 18.8. The van der Waals surface area contributed by atoms with Gasteiger partial charge in [-0.15, -0.1) is 0 Å². The first-order valence-electron chi connectivity index (χ1n) is 10.2. The van der Waals surface area contributed by atoms with E-state index in [1.807, 2.05) is 27.7 Å². The van der Waals surface area contributed by atoms with Gasteiger partial charge in [0.15, 0.2) is 5.82 Å². The second-order valence-corrected chi connectivity index (χ2v) is 8.61. The number of imidazole rings is 1. The van der Waals surface area contributed by atoms with Crippen LogP contribution in [0.25, 0.3) is 22.1 Å². The van der Waals surface area contributed by atoms with Crippen LogP contribution in [0.15, 0.2) is 12.4 Å². The molecule has 28 heavy (non-hydrogen) atoms. The third kappa shape index (κ3) is 3.45. The summed E-state index contributed by atoms with van der Waals surface area (Å²) in [5.74, 6) is 1.10. The minimum atomic E-state index is -0.567. The molecular weight excluding hydrogens is 354 g/mol. The Bertz CT molecular complexity index is 991. The third-order valence-corrected chi connectivity index (χ3v) is 5.38. The Labute approximate surface area is 164 Å². The fraction of sp³-hybridized carbons (Fsp3) is 0.571. The summed E-state index contributed by atoms with van der Waals surface area (Å²) in [6.07, 6.45) is 7.55. The van der Waals surface area contributed by atoms with Gasteiger partial charge in [0.05, 0.1) is 6.33 Å². The molecule has 150 valence electrons. The Morgan fingerprint density at radius 2 is 2.04 bits per heavy atom. The molecule has 0 saturated heterocycles. The normalized spacial score (nSPS) is 16.0. The van der Waals surface area contributed by atoms with Crippen molar-refractivity contribution >= 4 is 34.0 Å². The Morgan fingerprint density at radius 1 is 1.29 bits per heavy atom. The highest BCUT2D eigenvalue weighted by Crippen LogP contribution is 2.36. The van der Waals surface area contributed by atoms with Crippen LogP contribution in [0.1, 0.15) is 71.4 Å². The van der Waals surface area contributed by atoms with Crippen molar-refractivity contribution in [3.8, 4) is 0 Å². The quantitative estimate of drug-likeness (QED) is 0.647. The topological polar surface area (TPSA) is 86.9 Å². The van der Waals surface area contributed by atoms with E-state index in [0.29, 0.717) is 18.3 Å². The van der Waals surface area contributed by atoms with Crippen LogP contribution in [0.5, 0.6) is 0 Å². The van der Waals surface area contributed by atoms with Gasteiger partial charge in [0.25, 0.3) is 0 Å². The van der Waals surface area contributed by atoms with E-state index in [2.05, 4.69) is 21.0 Å². The summed E-state index contributed by atoms with van der Waals surface area (Å²) in [6, 6.07) is 2.19. The van der Waals surface area contributed by atoms with E-state index in [0.717, 1.165) is 22.1 Å². The second kappa shape index (κ2) is 7.11. The molecule has 2 N–H and O–H groups in total. The first-order valence-corrected chi connectivity index (χ1v) is 10.2. The Balaban J connectivity index is 1.79. The van der Waals surface area contributed by atoms with Gasteiger partial charge >= 0.3 is 6.09 Å². The highest BCUT2D eigenvalue weighted by atomic mass is 16.6. The summed E-state index contributed by atoms with van der Waals surface area (Å²) < 4.78 is 5.59. The smallest absolute Gasteiger partial charge is 0.416 e. The monoisotopic (exact) mass is 383 g/mol. The van der Waals surface area contributed by atoms with Gasteiger partial charge in [-0.1, -0.05) is 19.3 Å². The second-order valence-electron chi connectivity index (χ2n) is 8.61. The lowest BCUT2D eigenvalue weighted by Crippen LogP contribution is -2.37. The highest BCUT2D eigenvalue weighted by molar-refractivity contribution is 6.08. The van der Waals surface area contributed by atoms with Crippen molar-refractivity contribution in [2.24, 2.45) is 0 Å². The number of hydrogen-bond donors (Lipinski definition) is 2. The van der Waals surface area contributed by atoms with Crippen molar-refractivity contribution in [1.82, 2.24) is 19.9 Å². The Kier molecular flexibility index (Phi) is 4.77. The number of anilines is 1. The number of carbonyl (C=O) groups is 1. The summed E-state index contributed by atoms with van der Waals surface area (Å²) in [5.41, 5.74) is 3.03. The number of rotatable bonds is 3. The van der Waals surface area contributed by atoms with E-state index in [-0.39, 0.29) is 0 Å². The number of H-pyrrole nitrogens is 2. The van der Waals surface area contributed by atoms with Crippen LogP contribution >= 0.6 is 0 Å². The highest BCUT2D eigenvalue weighted by Gasteiger charge is 2.27. The first-order chi connectivity index (χ1) is 13.4. The molecule has 0 radical (unpaired) electrons. The van der Waals surface area contributed by atoms with E-state index in [1.165, 1.54) is 37.8 Å². The molecule has 0 bridgehead atoms. The van der Waals surface area contributed by atoms with Crippen molar-refractivity contribution in [2.75, 3.05) is 11.4 Å². The molecule has 7 heteroatoms. The summed E-state index contributed by atoms with van der Waals surface area (Å²) in [4.78, 5) is 30.3. The van der Waals surface area contributed by atoms with E-state index >= 15 is 0 Å². The average Bonchev–Trinajstić information content (AvgIpc) is 3.28. The van der Waals surface area contributed by atoms with Gasteiger partial charge in [-0.2, -0.15) is 0 Å². The minimum Gasteiger partial charge on any atom is -0.443 e. The van der Waals surface area contributed by atoms with E-state index in [1.54, 1.807) is 11.2 Å². The largest absolute Gasteiger partial charge is 0.443 e. The molecule has 1 fully saturated rings. The van der Waals surface area contributed by atoms with Crippen LogP contribution in [0.4, 0.5) is 10.6 Å². The molecule has 1 aliphatic carbocycles. The molecule has 7 nitrogen and oxygen atoms in total. The van der Waals surface area contributed by atoms with Crippen LogP contribution in [-0.4, -0.2) is 38.2 Å². The summed E-state index contributed by atoms with van der Waals surface area (Å²) in [7, 11) is 0. The number of nitrogens with one attached hydrogen (secondary N) is 2. The van der Waals surface area contributed by atoms with Gasteiger partial charge in [-0.25, -0.2) is 14.8 Å². The Morgan fingerprint density at radius 3 is 2.71 bits per heavy atom. The molecule has 3 aromatic heterocycles. The summed E-state index contributed by atoms with van der Waals surface area (Å²) >= 11 is 0. The lowest BCUT2D eigenvalue weighted by Gasteiger charge is -2.26. The molecular formula is C21H29N5O2. The zero-order valence-electron chi connectivity index (χ0n) is 17.1. The molecule has 0 aliphatic heterocycles. The number of hydrogen-bond acceptors (Lipinski definition) is 4. The fourth-order valence-electron chi connectivity index (χ4n) is 4.07. The zero-order valence-corrected chi connectivity index (χ0v) is 17.1. The van der Waals surface area contributed by atoms with Crippen LogP contribution in [0, 0.1) is 0 Å². The number of pyridine rings is 1. The lowest BCUT2D eigenvalue weighted by atomic mass is 9.87. The van der Waals surface area contributed by atoms with Crippen molar-refractivity contribution in [1.29, 1.82) is 0 Å². The number of ether oxygens (including phenoxy) is 1. The minimum absolute atomic E-state index is 0.406. The molecule has 1 saturated carbocycles. The van der Waals surface area contributed by atoms with Gasteiger partial charge < -0.3 is 14.7 Å². The number of nitrogens with zero attached hydrogens (tertiary/aromatic N) is 3. The van der Waals surface area contributed by atoms with Gasteiger partial charge in [0.1, 0.15) is 22.3 Å². The molecule has 4 rings (SSSR count). The van der Waals surface area contributed by atoms with E-state index in [4.69, 9.17) is 9.72 Å². The molecule has 0 aromatic carbocycles. The zero-order chi connectivity index (χ0) is 19.9. The van der Waals surface area contributed by atoms with Crippen molar-refractivity contribution in [3.05, 3.63) is 18.1 Å². The lowest BCUT2D eigenvalue weighted by molar-refractivity contribution is 0.0581. The van der Waals surface area contributed by atoms with Crippen molar-refractivity contribution < 1.29 is 9.53 Å². The Hall–Kier alpha value is -2.57. The number of aromatic nitrogens is 4. The van der Waals surface area contributed by atoms with Gasteiger partial charge in [0, 0.05) is 17.6 Å². The SMILES string of the molecule is CCN(C(=O)OC(C)(C)C)c1nc2[nH]c(C3CCCCC3)cc2c2nc[nH]c12. The van der Waals surface area contributed by atoms with E-state index in [9.17, 15) is 4.79 Å². The maximum Gasteiger partial charge on any atom is 0.416 e. The maximum absolute atomic E-state index is 12.8. The molecule has 1 aliphatic rings. The van der Waals surface area contributed by atoms with Crippen molar-refractivity contribution in [2.45, 2.75) is 71.3 Å². The van der Waals surface area contributed by atoms with Gasteiger partial charge in [0.2, 0.25) is 0 Å². The molecule has 1 amide bonds. The standard InChI is InChI=1S/C21H29N5O2/c1-5-26(20(27)28-21(2,3)4)19-17-16(22-12-23-17)14-11-15(24-18(14)25-19)13-9-7-6-8-10-13/h11-13H,5-10H2,1-4H3,(H,22,23)(H,24,25). The molecule has 0 unspecified atom stereocenters. The fourth-order valence-corrected chi connectivity index (χ4v) is 4.07. The van der Waals surface area contributed by atoms with Crippen LogP contribution in [0.2, 0.25) is 0 Å². The predicted molar refractivity (Wildman–Crippen MR) is 111 cm³/mol. The number of aromatic amines is 2. The molecule has 0 spiro atoms. The predicted octanol–water partition coefficient (Wildman–Crippen LogP) is 5.25. The third-order valence-electron chi connectivity index (χ3n) is 5.38. The molecule has 3 heterocycles. The average molecular weight is 383 g/mol. The maximum atomic E-state index is 12.8. The number of carbonyl (C=O) groups excluding carboxylic acids is 1. The molecule has 3 aromatic rings. The van der Waals surface area contributed by atoms with Crippen molar-refractivity contribution in [3.63, 3.8) is 0 Å². The summed E-state index contributed by atoms with van der Waals surface area (Å²) in [6.45, 7) is 7.96. The number of fused-ring (bicyclic) bond motifs is 3. The van der Waals surface area contributed by atoms with Crippen LogP contribution in [0.3, 0.4) is 0 Å². The van der Waals surface area contributed by atoms with Crippen LogP contribution in [-0.2, 0) is 4.74 Å². The summed E-state index contributed by atoms with van der Waals surface area (Å²) in [5, 5.41) is 1.00. The van der Waals surface area contributed by atoms with E-state index < -0.39 is 11.7 Å². The van der Waals surface area contributed by atoms with Gasteiger partial charge in [-0.05, 0) is 52.5 Å².